The fourth-order valence-corrected chi connectivity index (χ4v) is 2.13. The third kappa shape index (κ3) is 4.86. The summed E-state index contributed by atoms with van der Waals surface area (Å²) in [7, 11) is 0. The van der Waals surface area contributed by atoms with E-state index >= 15 is 0 Å². The predicted octanol–water partition coefficient (Wildman–Crippen LogP) is 4.45. The zero-order chi connectivity index (χ0) is 12.7. The molecule has 1 N–H and O–H groups in total. The molecule has 0 aromatic heterocycles. The SMILES string of the molecule is CCCCCC(C)N[C@H](C)c1ccccc1F. The van der Waals surface area contributed by atoms with Crippen LogP contribution in [0.5, 0.6) is 0 Å². The Hall–Kier alpha value is -0.890. The van der Waals surface area contributed by atoms with E-state index in [0.29, 0.717) is 6.04 Å². The first-order chi connectivity index (χ1) is 8.15. The van der Waals surface area contributed by atoms with Gasteiger partial charge in [0.05, 0.1) is 0 Å². The summed E-state index contributed by atoms with van der Waals surface area (Å²) in [5, 5.41) is 3.46. The molecule has 2 atom stereocenters. The molecule has 1 aromatic rings. The molecule has 0 spiro atoms. The van der Waals surface area contributed by atoms with Crippen LogP contribution >= 0.6 is 0 Å². The standard InChI is InChI=1S/C15H24FN/c1-4-5-6-9-12(2)17-13(3)14-10-7-8-11-15(14)16/h7-8,10-13,17H,4-6,9H2,1-3H3/t12?,13-/m1/s1. The van der Waals surface area contributed by atoms with Gasteiger partial charge in [-0.3, -0.25) is 0 Å². The van der Waals surface area contributed by atoms with E-state index in [-0.39, 0.29) is 11.9 Å². The van der Waals surface area contributed by atoms with Crippen molar-refractivity contribution in [1.82, 2.24) is 5.32 Å². The smallest absolute Gasteiger partial charge is 0.127 e. The lowest BCUT2D eigenvalue weighted by Crippen LogP contribution is -2.29. The molecule has 1 rings (SSSR count). The van der Waals surface area contributed by atoms with Gasteiger partial charge in [0, 0.05) is 17.6 Å². The van der Waals surface area contributed by atoms with Crippen LogP contribution in [0.1, 0.15) is 58.1 Å². The third-order valence-electron chi connectivity index (χ3n) is 3.15. The Morgan fingerprint density at radius 3 is 2.53 bits per heavy atom. The Morgan fingerprint density at radius 2 is 1.88 bits per heavy atom. The number of halogens is 1. The van der Waals surface area contributed by atoms with Crippen molar-refractivity contribution in [3.05, 3.63) is 35.6 Å². The molecule has 1 unspecified atom stereocenters. The first-order valence-corrected chi connectivity index (χ1v) is 6.65. The van der Waals surface area contributed by atoms with E-state index in [9.17, 15) is 4.39 Å². The minimum absolute atomic E-state index is 0.0767. The van der Waals surface area contributed by atoms with Crippen LogP contribution in [0.3, 0.4) is 0 Å². The maximum absolute atomic E-state index is 13.6. The third-order valence-corrected chi connectivity index (χ3v) is 3.15. The second kappa shape index (κ2) is 7.44. The van der Waals surface area contributed by atoms with Crippen LogP contribution in [0.2, 0.25) is 0 Å². The lowest BCUT2D eigenvalue weighted by Gasteiger charge is -2.20. The predicted molar refractivity (Wildman–Crippen MR) is 71.6 cm³/mol. The summed E-state index contributed by atoms with van der Waals surface area (Å²) in [5.41, 5.74) is 0.759. The number of rotatable bonds is 7. The van der Waals surface area contributed by atoms with E-state index in [1.165, 1.54) is 25.3 Å². The van der Waals surface area contributed by atoms with E-state index in [1.54, 1.807) is 6.07 Å². The number of nitrogens with one attached hydrogen (secondary N) is 1. The Kier molecular flexibility index (Phi) is 6.20. The van der Waals surface area contributed by atoms with Crippen LogP contribution in [0.4, 0.5) is 4.39 Å². The molecule has 0 aliphatic rings. The summed E-state index contributed by atoms with van der Waals surface area (Å²) in [6.45, 7) is 6.40. The highest BCUT2D eigenvalue weighted by atomic mass is 19.1. The second-order valence-corrected chi connectivity index (χ2v) is 4.81. The number of benzene rings is 1. The van der Waals surface area contributed by atoms with Crippen molar-refractivity contribution < 1.29 is 4.39 Å². The van der Waals surface area contributed by atoms with Crippen LogP contribution in [-0.2, 0) is 0 Å². The number of hydrogen-bond donors (Lipinski definition) is 1. The number of unbranched alkanes of at least 4 members (excludes halogenated alkanes) is 2. The molecule has 2 heteroatoms. The molecule has 0 bridgehead atoms. The van der Waals surface area contributed by atoms with Crippen LogP contribution in [-0.4, -0.2) is 6.04 Å². The highest BCUT2D eigenvalue weighted by Gasteiger charge is 2.12. The molecule has 17 heavy (non-hydrogen) atoms. The van der Waals surface area contributed by atoms with Crippen LogP contribution in [0.25, 0.3) is 0 Å². The van der Waals surface area contributed by atoms with Crippen molar-refractivity contribution in [2.24, 2.45) is 0 Å². The highest BCUT2D eigenvalue weighted by Crippen LogP contribution is 2.17. The van der Waals surface area contributed by atoms with Crippen molar-refractivity contribution in [1.29, 1.82) is 0 Å². The summed E-state index contributed by atoms with van der Waals surface area (Å²) in [6.07, 6.45) is 4.93. The van der Waals surface area contributed by atoms with Gasteiger partial charge in [-0.1, -0.05) is 44.4 Å². The van der Waals surface area contributed by atoms with Crippen LogP contribution in [0, 0.1) is 5.82 Å². The Morgan fingerprint density at radius 1 is 1.18 bits per heavy atom. The molecule has 0 amide bonds. The van der Waals surface area contributed by atoms with Gasteiger partial charge in [0.25, 0.3) is 0 Å². The van der Waals surface area contributed by atoms with E-state index < -0.39 is 0 Å². The summed E-state index contributed by atoms with van der Waals surface area (Å²) in [6, 6.07) is 7.51. The Balaban J connectivity index is 2.43. The van der Waals surface area contributed by atoms with Gasteiger partial charge in [-0.2, -0.15) is 0 Å². The fourth-order valence-electron chi connectivity index (χ4n) is 2.13. The topological polar surface area (TPSA) is 12.0 Å². The molecule has 0 radical (unpaired) electrons. The molecule has 0 aliphatic carbocycles. The zero-order valence-electron chi connectivity index (χ0n) is 11.2. The zero-order valence-corrected chi connectivity index (χ0v) is 11.2. The summed E-state index contributed by atoms with van der Waals surface area (Å²) >= 11 is 0. The maximum Gasteiger partial charge on any atom is 0.127 e. The average molecular weight is 237 g/mol. The average Bonchev–Trinajstić information content (AvgIpc) is 2.29. The van der Waals surface area contributed by atoms with Gasteiger partial charge in [-0.05, 0) is 26.3 Å². The lowest BCUT2D eigenvalue weighted by molar-refractivity contribution is 0.430. The molecule has 0 heterocycles. The molecular weight excluding hydrogens is 213 g/mol. The minimum Gasteiger partial charge on any atom is -0.308 e. The molecular formula is C15H24FN. The molecule has 0 aliphatic heterocycles. The van der Waals surface area contributed by atoms with E-state index in [0.717, 1.165) is 12.0 Å². The Labute approximate surface area is 104 Å². The largest absolute Gasteiger partial charge is 0.308 e. The summed E-state index contributed by atoms with van der Waals surface area (Å²) < 4.78 is 13.6. The van der Waals surface area contributed by atoms with E-state index in [2.05, 4.69) is 19.2 Å². The minimum atomic E-state index is -0.117. The van der Waals surface area contributed by atoms with Gasteiger partial charge >= 0.3 is 0 Å². The number of hydrogen-bond acceptors (Lipinski definition) is 1. The normalized spacial score (nSPS) is 14.6. The molecule has 1 aromatic carbocycles. The first-order valence-electron chi connectivity index (χ1n) is 6.65. The van der Waals surface area contributed by atoms with Crippen LogP contribution < -0.4 is 5.32 Å². The van der Waals surface area contributed by atoms with Gasteiger partial charge in [-0.15, -0.1) is 0 Å². The van der Waals surface area contributed by atoms with Crippen molar-refractivity contribution in [2.45, 2.75) is 58.5 Å². The van der Waals surface area contributed by atoms with Gasteiger partial charge in [0.1, 0.15) is 5.82 Å². The lowest BCUT2D eigenvalue weighted by atomic mass is 10.0. The highest BCUT2D eigenvalue weighted by molar-refractivity contribution is 5.20. The maximum atomic E-state index is 13.6. The fraction of sp³-hybridized carbons (Fsp3) is 0.600. The molecule has 0 fully saturated rings. The first kappa shape index (κ1) is 14.2. The second-order valence-electron chi connectivity index (χ2n) is 4.81. The summed E-state index contributed by atoms with van der Waals surface area (Å²) in [4.78, 5) is 0. The molecule has 1 nitrogen and oxygen atoms in total. The molecule has 0 saturated heterocycles. The van der Waals surface area contributed by atoms with E-state index in [4.69, 9.17) is 0 Å². The summed E-state index contributed by atoms with van der Waals surface area (Å²) in [5.74, 6) is -0.117. The quantitative estimate of drug-likeness (QED) is 0.691. The van der Waals surface area contributed by atoms with Gasteiger partial charge in [-0.25, -0.2) is 4.39 Å². The van der Waals surface area contributed by atoms with Crippen molar-refractivity contribution in [3.63, 3.8) is 0 Å². The van der Waals surface area contributed by atoms with Gasteiger partial charge < -0.3 is 5.32 Å². The monoisotopic (exact) mass is 237 g/mol. The van der Waals surface area contributed by atoms with Gasteiger partial charge in [0.15, 0.2) is 0 Å². The Bertz CT molecular complexity index is 324. The van der Waals surface area contributed by atoms with Crippen molar-refractivity contribution >= 4 is 0 Å². The van der Waals surface area contributed by atoms with Gasteiger partial charge in [0.2, 0.25) is 0 Å². The molecule has 0 saturated carbocycles. The van der Waals surface area contributed by atoms with Crippen molar-refractivity contribution in [3.8, 4) is 0 Å². The van der Waals surface area contributed by atoms with E-state index in [1.807, 2.05) is 19.1 Å². The van der Waals surface area contributed by atoms with Crippen LogP contribution in [0.15, 0.2) is 24.3 Å². The molecule has 96 valence electrons. The van der Waals surface area contributed by atoms with Crippen molar-refractivity contribution in [2.75, 3.05) is 0 Å².